The van der Waals surface area contributed by atoms with Gasteiger partial charge in [0.2, 0.25) is 5.91 Å². The zero-order chi connectivity index (χ0) is 23.6. The molecule has 0 spiro atoms. The fourth-order valence-electron chi connectivity index (χ4n) is 5.65. The molecule has 1 aromatic carbocycles. The van der Waals surface area contributed by atoms with Gasteiger partial charge in [0.1, 0.15) is 11.6 Å². The molecule has 0 aromatic heterocycles. The summed E-state index contributed by atoms with van der Waals surface area (Å²) in [6, 6.07) is 4.27. The van der Waals surface area contributed by atoms with Crippen molar-refractivity contribution in [2.45, 2.75) is 69.6 Å². The average Bonchev–Trinajstić information content (AvgIpc) is 2.79. The minimum Gasteiger partial charge on any atom is -0.484 e. The van der Waals surface area contributed by atoms with Crippen LogP contribution in [0.3, 0.4) is 0 Å². The molecule has 3 unspecified atom stereocenters. The van der Waals surface area contributed by atoms with Gasteiger partial charge in [0, 0.05) is 24.2 Å². The minimum atomic E-state index is -0.815. The van der Waals surface area contributed by atoms with E-state index in [2.05, 4.69) is 22.9 Å². The summed E-state index contributed by atoms with van der Waals surface area (Å²) in [5, 5.41) is 20.5. The van der Waals surface area contributed by atoms with Gasteiger partial charge < -0.3 is 25.8 Å². The molecule has 1 heterocycles. The van der Waals surface area contributed by atoms with Gasteiger partial charge in [0.25, 0.3) is 5.91 Å². The maximum atomic E-state index is 13.5. The van der Waals surface area contributed by atoms with Gasteiger partial charge >= 0.3 is 0 Å². The maximum absolute atomic E-state index is 13.5. The normalized spacial score (nSPS) is 33.4. The third-order valence-electron chi connectivity index (χ3n) is 7.71. The summed E-state index contributed by atoms with van der Waals surface area (Å²) in [4.78, 5) is 25.6. The Morgan fingerprint density at radius 2 is 2.06 bits per heavy atom. The highest BCUT2D eigenvalue weighted by molar-refractivity contribution is 6.30. The molecule has 3 atom stereocenters. The van der Waals surface area contributed by atoms with Crippen molar-refractivity contribution in [3.8, 4) is 5.75 Å². The molecule has 5 rings (SSSR count). The first kappa shape index (κ1) is 24.2. The molecule has 3 aliphatic carbocycles. The number of carbonyl (C=O) groups excluding carboxylic acids is 2. The number of hydrogen-bond donors (Lipinski definition) is 4. The molecule has 182 valence electrons. The van der Waals surface area contributed by atoms with Crippen LogP contribution in [0.4, 0.5) is 4.39 Å². The van der Waals surface area contributed by atoms with E-state index >= 15 is 0 Å². The highest BCUT2D eigenvalue weighted by atomic mass is 35.5. The van der Waals surface area contributed by atoms with Crippen LogP contribution in [0, 0.1) is 17.2 Å². The smallest absolute Gasteiger partial charge is 0.258 e. The van der Waals surface area contributed by atoms with Gasteiger partial charge in [0.05, 0.1) is 16.5 Å². The van der Waals surface area contributed by atoms with E-state index in [1.54, 1.807) is 0 Å². The fraction of sp³-hybridized carbons (Fsp3) is 0.667. The first-order valence-electron chi connectivity index (χ1n) is 11.8. The highest BCUT2D eigenvalue weighted by Crippen LogP contribution is 2.52. The molecule has 2 bridgehead atoms. The lowest BCUT2D eigenvalue weighted by molar-refractivity contribution is -0.156. The lowest BCUT2D eigenvalue weighted by atomic mass is 9.55. The number of halogens is 2. The van der Waals surface area contributed by atoms with Crippen molar-refractivity contribution in [3.63, 3.8) is 0 Å². The van der Waals surface area contributed by atoms with Crippen molar-refractivity contribution in [3.05, 3.63) is 29.0 Å². The van der Waals surface area contributed by atoms with Crippen LogP contribution in [0.15, 0.2) is 18.2 Å². The number of aliphatic hydroxyl groups excluding tert-OH is 1. The van der Waals surface area contributed by atoms with Crippen molar-refractivity contribution < 1.29 is 23.8 Å². The number of amides is 2. The van der Waals surface area contributed by atoms with Gasteiger partial charge in [-0.05, 0) is 69.5 Å². The molecule has 33 heavy (non-hydrogen) atoms. The van der Waals surface area contributed by atoms with Crippen molar-refractivity contribution in [2.24, 2.45) is 11.3 Å². The van der Waals surface area contributed by atoms with Gasteiger partial charge in [0.15, 0.2) is 6.61 Å². The molecule has 1 saturated heterocycles. The van der Waals surface area contributed by atoms with E-state index in [9.17, 15) is 19.1 Å². The van der Waals surface area contributed by atoms with E-state index in [1.165, 1.54) is 12.1 Å². The molecule has 9 heteroatoms. The molecular formula is C24H33ClFN3O4. The number of hydrogen-bond acceptors (Lipinski definition) is 5. The second kappa shape index (κ2) is 9.76. The van der Waals surface area contributed by atoms with Crippen molar-refractivity contribution >= 4 is 23.4 Å². The Morgan fingerprint density at radius 3 is 2.73 bits per heavy atom. The summed E-state index contributed by atoms with van der Waals surface area (Å²) in [5.74, 6) is -0.168. The van der Waals surface area contributed by atoms with Gasteiger partial charge in [-0.15, -0.1) is 0 Å². The van der Waals surface area contributed by atoms with Crippen LogP contribution < -0.4 is 20.7 Å². The average molecular weight is 482 g/mol. The van der Waals surface area contributed by atoms with Crippen LogP contribution in [0.5, 0.6) is 5.75 Å². The van der Waals surface area contributed by atoms with Crippen LogP contribution in [0.2, 0.25) is 5.02 Å². The predicted octanol–water partition coefficient (Wildman–Crippen LogP) is 2.54. The quantitative estimate of drug-likeness (QED) is 0.479. The topological polar surface area (TPSA) is 99.7 Å². The van der Waals surface area contributed by atoms with Crippen LogP contribution >= 0.6 is 11.6 Å². The number of rotatable bonds is 7. The number of benzene rings is 1. The maximum Gasteiger partial charge on any atom is 0.258 e. The molecule has 0 radical (unpaired) electrons. The van der Waals surface area contributed by atoms with Crippen LogP contribution in [-0.2, 0) is 9.59 Å². The predicted molar refractivity (Wildman–Crippen MR) is 123 cm³/mol. The number of fused-ring (bicyclic) bond motifs is 3. The Hall–Kier alpha value is -1.90. The standard InChI is InChI=1S/C24H33ClFN3O4/c1-15-4-9-27-16(10-15)13-28-22(32)24-7-5-23(6-8-24,12-20(24)30)29-21(31)14-33-17-2-3-18(25)19(26)11-17/h2-3,11,15-16,20,27,30H,4-10,12-14H2,1H3,(H,28,32)(H,29,31). The van der Waals surface area contributed by atoms with E-state index in [0.29, 0.717) is 44.6 Å². The molecule has 4 N–H and O–H groups in total. The molecule has 2 amide bonds. The largest absolute Gasteiger partial charge is 0.484 e. The molecule has 7 nitrogen and oxygen atoms in total. The van der Waals surface area contributed by atoms with Gasteiger partial charge in [-0.3, -0.25) is 9.59 Å². The van der Waals surface area contributed by atoms with Gasteiger partial charge in [-0.2, -0.15) is 0 Å². The summed E-state index contributed by atoms with van der Waals surface area (Å²) >= 11 is 5.66. The summed E-state index contributed by atoms with van der Waals surface area (Å²) < 4.78 is 18.9. The molecule has 4 aliphatic rings. The highest BCUT2D eigenvalue weighted by Gasteiger charge is 2.58. The van der Waals surface area contributed by atoms with E-state index in [0.717, 1.165) is 25.5 Å². The molecule has 1 aromatic rings. The number of carbonyl (C=O) groups is 2. The number of ether oxygens (including phenoxy) is 1. The van der Waals surface area contributed by atoms with Crippen molar-refractivity contribution in [1.82, 2.24) is 16.0 Å². The Labute approximate surface area is 198 Å². The van der Waals surface area contributed by atoms with Crippen molar-refractivity contribution in [2.75, 3.05) is 19.7 Å². The number of nitrogens with one attached hydrogen (secondary N) is 3. The van der Waals surface area contributed by atoms with Crippen molar-refractivity contribution in [1.29, 1.82) is 0 Å². The molecule has 1 aliphatic heterocycles. The molecule has 4 fully saturated rings. The first-order chi connectivity index (χ1) is 15.7. The lowest BCUT2D eigenvalue weighted by Gasteiger charge is -2.55. The van der Waals surface area contributed by atoms with Gasteiger partial charge in [-0.25, -0.2) is 4.39 Å². The van der Waals surface area contributed by atoms with Gasteiger partial charge in [-0.1, -0.05) is 18.5 Å². The Morgan fingerprint density at radius 1 is 1.30 bits per heavy atom. The Kier molecular flexibility index (Phi) is 7.17. The monoisotopic (exact) mass is 481 g/mol. The number of piperidine rings is 1. The van der Waals surface area contributed by atoms with E-state index in [1.807, 2.05) is 0 Å². The third-order valence-corrected chi connectivity index (χ3v) is 8.01. The second-order valence-electron chi connectivity index (χ2n) is 10.1. The molecule has 3 saturated carbocycles. The Bertz CT molecular complexity index is 890. The van der Waals surface area contributed by atoms with Crippen LogP contribution in [-0.4, -0.2) is 54.3 Å². The fourth-order valence-corrected chi connectivity index (χ4v) is 5.76. The zero-order valence-electron chi connectivity index (χ0n) is 19.0. The van der Waals surface area contributed by atoms with E-state index in [-0.39, 0.29) is 35.2 Å². The van der Waals surface area contributed by atoms with Crippen LogP contribution in [0.1, 0.15) is 51.9 Å². The van der Waals surface area contributed by atoms with Crippen LogP contribution in [0.25, 0.3) is 0 Å². The second-order valence-corrected chi connectivity index (χ2v) is 10.5. The summed E-state index contributed by atoms with van der Waals surface area (Å²) in [5.41, 5.74) is -1.34. The lowest BCUT2D eigenvalue weighted by Crippen LogP contribution is -2.66. The first-order valence-corrected chi connectivity index (χ1v) is 12.2. The molecular weight excluding hydrogens is 449 g/mol. The van der Waals surface area contributed by atoms with E-state index < -0.39 is 22.9 Å². The minimum absolute atomic E-state index is 0.0128. The summed E-state index contributed by atoms with van der Waals surface area (Å²) in [6.07, 6.45) is 4.01. The Balaban J connectivity index is 1.28. The third kappa shape index (κ3) is 5.28. The summed E-state index contributed by atoms with van der Waals surface area (Å²) in [6.45, 7) is 3.50. The SMILES string of the molecule is CC1CCNC(CNC(=O)C23CCC(NC(=O)COc4ccc(Cl)c(F)c4)(CC2)CC3O)C1. The zero-order valence-corrected chi connectivity index (χ0v) is 19.7. The van der Waals surface area contributed by atoms with E-state index in [4.69, 9.17) is 16.3 Å². The summed E-state index contributed by atoms with van der Waals surface area (Å²) in [7, 11) is 0. The number of aliphatic hydroxyl groups is 1.